The molecule has 162 valence electrons. The molecule has 8 nitrogen and oxygen atoms in total. The predicted molar refractivity (Wildman–Crippen MR) is 119 cm³/mol. The first-order chi connectivity index (χ1) is 15.3. The van der Waals surface area contributed by atoms with E-state index in [1.54, 1.807) is 0 Å². The second-order valence-electron chi connectivity index (χ2n) is 6.42. The van der Waals surface area contributed by atoms with Crippen molar-refractivity contribution in [3.05, 3.63) is 81.1 Å². The van der Waals surface area contributed by atoms with Crippen LogP contribution in [0, 0.1) is 15.9 Å². The molecule has 4 rings (SSSR count). The van der Waals surface area contributed by atoms with E-state index in [4.69, 9.17) is 21.1 Å². The van der Waals surface area contributed by atoms with Crippen molar-refractivity contribution < 1.29 is 23.6 Å². The monoisotopic (exact) mass is 473 g/mol. The number of thiazole rings is 1. The lowest BCUT2D eigenvalue weighted by molar-refractivity contribution is -0.385. The topological polar surface area (TPSA) is 104 Å². The summed E-state index contributed by atoms with van der Waals surface area (Å²) >= 11 is 6.97. The number of rotatable bonds is 6. The fraction of sp³-hybridized carbons (Fsp3) is 0.0476. The molecule has 32 heavy (non-hydrogen) atoms. The third kappa shape index (κ3) is 4.46. The highest BCUT2D eigenvalue weighted by atomic mass is 35.5. The zero-order valence-corrected chi connectivity index (χ0v) is 17.9. The number of carbonyl (C=O) groups excluding carboxylic acids is 1. The van der Waals surface area contributed by atoms with Crippen LogP contribution in [0.2, 0.25) is 5.02 Å². The van der Waals surface area contributed by atoms with Crippen LogP contribution in [-0.4, -0.2) is 22.9 Å². The fourth-order valence-electron chi connectivity index (χ4n) is 2.85. The average molecular weight is 474 g/mol. The molecule has 0 saturated heterocycles. The zero-order chi connectivity index (χ0) is 22.8. The van der Waals surface area contributed by atoms with Gasteiger partial charge in [0.25, 0.3) is 5.91 Å². The number of nitro benzene ring substituents is 1. The standard InChI is InChI=1S/C21H13ClFN3O5S/c1-30-18-8-11(20(27)25-21-24-14-5-4-13(23)10-19(14)32-21)2-6-17(18)31-16-7-3-12(22)9-15(16)26(28)29/h2-10H,1H3,(H,24,25,27). The predicted octanol–water partition coefficient (Wildman–Crippen LogP) is 6.05. The summed E-state index contributed by atoms with van der Waals surface area (Å²) in [4.78, 5) is 27.6. The molecule has 4 aromatic rings. The Kier molecular flexibility index (Phi) is 5.89. The zero-order valence-electron chi connectivity index (χ0n) is 16.3. The summed E-state index contributed by atoms with van der Waals surface area (Å²) in [5.41, 5.74) is 0.497. The number of carbonyl (C=O) groups is 1. The molecule has 0 aliphatic rings. The Hall–Kier alpha value is -3.76. The number of hydrogen-bond acceptors (Lipinski definition) is 7. The smallest absolute Gasteiger partial charge is 0.313 e. The third-order valence-electron chi connectivity index (χ3n) is 4.33. The average Bonchev–Trinajstić information content (AvgIpc) is 3.16. The van der Waals surface area contributed by atoms with Gasteiger partial charge in [0.05, 0.1) is 22.2 Å². The van der Waals surface area contributed by atoms with Gasteiger partial charge in [-0.3, -0.25) is 20.2 Å². The lowest BCUT2D eigenvalue weighted by Crippen LogP contribution is -2.11. The summed E-state index contributed by atoms with van der Waals surface area (Å²) in [5.74, 6) is -0.526. The van der Waals surface area contributed by atoms with E-state index in [1.165, 1.54) is 61.7 Å². The number of nitrogens with one attached hydrogen (secondary N) is 1. The molecule has 0 spiro atoms. The summed E-state index contributed by atoms with van der Waals surface area (Å²) in [7, 11) is 1.38. The highest BCUT2D eigenvalue weighted by Gasteiger charge is 2.19. The van der Waals surface area contributed by atoms with Crippen LogP contribution in [0.25, 0.3) is 10.2 Å². The van der Waals surface area contributed by atoms with Gasteiger partial charge in [-0.2, -0.15) is 0 Å². The van der Waals surface area contributed by atoms with Gasteiger partial charge >= 0.3 is 5.69 Å². The molecule has 1 aromatic heterocycles. The van der Waals surface area contributed by atoms with Gasteiger partial charge in [0.2, 0.25) is 5.75 Å². The van der Waals surface area contributed by atoms with Crippen LogP contribution >= 0.6 is 22.9 Å². The van der Waals surface area contributed by atoms with Crippen LogP contribution in [0.15, 0.2) is 54.6 Å². The number of hydrogen-bond donors (Lipinski definition) is 1. The minimum absolute atomic E-state index is 0.0309. The molecule has 0 fully saturated rings. The largest absolute Gasteiger partial charge is 0.493 e. The summed E-state index contributed by atoms with van der Waals surface area (Å²) in [6.07, 6.45) is 0. The maximum atomic E-state index is 13.4. The minimum Gasteiger partial charge on any atom is -0.493 e. The number of methoxy groups -OCH3 is 1. The molecule has 0 radical (unpaired) electrons. The Morgan fingerprint density at radius 2 is 1.91 bits per heavy atom. The van der Waals surface area contributed by atoms with E-state index in [2.05, 4.69) is 10.3 Å². The van der Waals surface area contributed by atoms with Crippen molar-refractivity contribution in [1.82, 2.24) is 4.98 Å². The number of ether oxygens (including phenoxy) is 2. The summed E-state index contributed by atoms with van der Waals surface area (Å²) < 4.78 is 24.9. The van der Waals surface area contributed by atoms with Crippen molar-refractivity contribution in [2.24, 2.45) is 0 Å². The van der Waals surface area contributed by atoms with Crippen LogP contribution in [0.5, 0.6) is 17.2 Å². The number of nitro groups is 1. The van der Waals surface area contributed by atoms with Gasteiger partial charge in [-0.15, -0.1) is 0 Å². The van der Waals surface area contributed by atoms with Gasteiger partial charge in [-0.25, -0.2) is 9.37 Å². The lowest BCUT2D eigenvalue weighted by atomic mass is 10.2. The van der Waals surface area contributed by atoms with Crippen LogP contribution in [0.3, 0.4) is 0 Å². The first kappa shape index (κ1) is 21.5. The Morgan fingerprint density at radius 1 is 1.12 bits per heavy atom. The molecule has 1 N–H and O–H groups in total. The number of anilines is 1. The number of fused-ring (bicyclic) bond motifs is 1. The first-order valence-corrected chi connectivity index (χ1v) is 10.2. The fourth-order valence-corrected chi connectivity index (χ4v) is 3.90. The molecular formula is C21H13ClFN3O5S. The van der Waals surface area contributed by atoms with Crippen molar-refractivity contribution in [2.45, 2.75) is 0 Å². The van der Waals surface area contributed by atoms with Crippen LogP contribution in [-0.2, 0) is 0 Å². The van der Waals surface area contributed by atoms with E-state index in [-0.39, 0.29) is 39.3 Å². The molecule has 1 heterocycles. The SMILES string of the molecule is COc1cc(C(=O)Nc2nc3ccc(F)cc3s2)ccc1Oc1ccc(Cl)cc1[N+](=O)[O-]. The first-order valence-electron chi connectivity index (χ1n) is 9.01. The van der Waals surface area contributed by atoms with E-state index in [0.29, 0.717) is 15.3 Å². The molecule has 11 heteroatoms. The van der Waals surface area contributed by atoms with E-state index < -0.39 is 10.8 Å². The molecule has 0 aliphatic heterocycles. The van der Waals surface area contributed by atoms with Crippen molar-refractivity contribution >= 4 is 49.9 Å². The van der Waals surface area contributed by atoms with Crippen LogP contribution in [0.4, 0.5) is 15.2 Å². The lowest BCUT2D eigenvalue weighted by Gasteiger charge is -2.12. The molecule has 0 atom stereocenters. The van der Waals surface area contributed by atoms with Gasteiger partial charge in [-0.05, 0) is 48.5 Å². The van der Waals surface area contributed by atoms with Gasteiger partial charge in [0.15, 0.2) is 16.6 Å². The van der Waals surface area contributed by atoms with Gasteiger partial charge in [0.1, 0.15) is 5.82 Å². The number of amides is 1. The quantitative estimate of drug-likeness (QED) is 0.270. The van der Waals surface area contributed by atoms with E-state index in [1.807, 2.05) is 0 Å². The number of aromatic nitrogens is 1. The number of benzene rings is 3. The van der Waals surface area contributed by atoms with E-state index >= 15 is 0 Å². The highest BCUT2D eigenvalue weighted by Crippen LogP contribution is 2.38. The Bertz CT molecular complexity index is 1360. The second kappa shape index (κ2) is 8.77. The van der Waals surface area contributed by atoms with E-state index in [9.17, 15) is 19.3 Å². The summed E-state index contributed by atoms with van der Waals surface area (Å²) in [6.45, 7) is 0. The molecular weight excluding hydrogens is 461 g/mol. The van der Waals surface area contributed by atoms with Crippen molar-refractivity contribution in [1.29, 1.82) is 0 Å². The Labute approximate surface area is 189 Å². The normalized spacial score (nSPS) is 10.7. The molecule has 3 aromatic carbocycles. The maximum Gasteiger partial charge on any atom is 0.313 e. The Morgan fingerprint density at radius 3 is 2.66 bits per heavy atom. The molecule has 0 aliphatic carbocycles. The second-order valence-corrected chi connectivity index (χ2v) is 7.89. The van der Waals surface area contributed by atoms with Crippen molar-refractivity contribution in [3.8, 4) is 17.2 Å². The highest BCUT2D eigenvalue weighted by molar-refractivity contribution is 7.22. The summed E-state index contributed by atoms with van der Waals surface area (Å²) in [5, 5.41) is 14.4. The molecule has 0 bridgehead atoms. The minimum atomic E-state index is -0.612. The van der Waals surface area contributed by atoms with Gasteiger partial charge < -0.3 is 9.47 Å². The maximum absolute atomic E-state index is 13.4. The molecule has 1 amide bonds. The van der Waals surface area contributed by atoms with Crippen LogP contribution in [0.1, 0.15) is 10.4 Å². The third-order valence-corrected chi connectivity index (χ3v) is 5.50. The van der Waals surface area contributed by atoms with E-state index in [0.717, 1.165) is 11.3 Å². The number of halogens is 2. The molecule has 0 saturated carbocycles. The van der Waals surface area contributed by atoms with Gasteiger partial charge in [-0.1, -0.05) is 22.9 Å². The van der Waals surface area contributed by atoms with Crippen molar-refractivity contribution in [3.63, 3.8) is 0 Å². The molecule has 0 unspecified atom stereocenters. The van der Waals surface area contributed by atoms with Crippen molar-refractivity contribution in [2.75, 3.05) is 12.4 Å². The van der Waals surface area contributed by atoms with Crippen LogP contribution < -0.4 is 14.8 Å². The van der Waals surface area contributed by atoms with Gasteiger partial charge in [0, 0.05) is 16.7 Å². The number of nitrogens with zero attached hydrogens (tertiary/aromatic N) is 2. The Balaban J connectivity index is 1.57. The summed E-state index contributed by atoms with van der Waals surface area (Å²) in [6, 6.07) is 12.5.